The molecule has 0 spiro atoms. The van der Waals surface area contributed by atoms with Crippen LogP contribution in [0.2, 0.25) is 5.02 Å². The van der Waals surface area contributed by atoms with Gasteiger partial charge in [-0.2, -0.15) is 0 Å². The lowest BCUT2D eigenvalue weighted by molar-refractivity contribution is -0.113. The highest BCUT2D eigenvalue weighted by atomic mass is 35.5. The van der Waals surface area contributed by atoms with Gasteiger partial charge in [-0.05, 0) is 50.2 Å². The lowest BCUT2D eigenvalue weighted by Crippen LogP contribution is -2.30. The highest BCUT2D eigenvalue weighted by Gasteiger charge is 2.17. The van der Waals surface area contributed by atoms with Gasteiger partial charge in [0.15, 0.2) is 0 Å². The van der Waals surface area contributed by atoms with Gasteiger partial charge in [0.1, 0.15) is 17.2 Å². The van der Waals surface area contributed by atoms with Crippen molar-refractivity contribution in [2.45, 2.75) is 13.8 Å². The van der Waals surface area contributed by atoms with E-state index in [4.69, 9.17) is 16.0 Å². The normalized spacial score (nSPS) is 11.2. The quantitative estimate of drug-likeness (QED) is 0.601. The van der Waals surface area contributed by atoms with Crippen molar-refractivity contribution in [2.75, 3.05) is 5.32 Å². The summed E-state index contributed by atoms with van der Waals surface area (Å²) in [5.41, 5.74) is 2.00. The Morgan fingerprint density at radius 2 is 1.68 bits per heavy atom. The van der Waals surface area contributed by atoms with Crippen LogP contribution in [0.4, 0.5) is 5.69 Å². The molecule has 2 amide bonds. The number of anilines is 1. The predicted molar refractivity (Wildman–Crippen MR) is 110 cm³/mol. The number of hydrogen-bond acceptors (Lipinski definition) is 3. The zero-order valence-electron chi connectivity index (χ0n) is 15.5. The maximum Gasteiger partial charge on any atom is 0.272 e. The third kappa shape index (κ3) is 4.90. The van der Waals surface area contributed by atoms with Crippen LogP contribution < -0.4 is 10.6 Å². The number of furan rings is 1. The van der Waals surface area contributed by atoms with Gasteiger partial charge >= 0.3 is 0 Å². The van der Waals surface area contributed by atoms with E-state index < -0.39 is 11.8 Å². The molecule has 0 saturated heterocycles. The van der Waals surface area contributed by atoms with Gasteiger partial charge in [-0.25, -0.2) is 0 Å². The fraction of sp³-hybridized carbons (Fsp3) is 0.0909. The van der Waals surface area contributed by atoms with E-state index >= 15 is 0 Å². The molecule has 3 aromatic rings. The van der Waals surface area contributed by atoms with Gasteiger partial charge in [0, 0.05) is 11.8 Å². The molecule has 0 unspecified atom stereocenters. The molecule has 1 heterocycles. The first-order valence-corrected chi connectivity index (χ1v) is 9.02. The summed E-state index contributed by atoms with van der Waals surface area (Å²) in [5.74, 6) is 0.186. The summed E-state index contributed by atoms with van der Waals surface area (Å²) in [6.45, 7) is 3.76. The molecule has 0 saturated carbocycles. The van der Waals surface area contributed by atoms with E-state index in [2.05, 4.69) is 10.6 Å². The van der Waals surface area contributed by atoms with Crippen molar-refractivity contribution in [1.29, 1.82) is 0 Å². The van der Waals surface area contributed by atoms with Gasteiger partial charge in [-0.1, -0.05) is 41.4 Å². The Hall–Kier alpha value is -3.31. The zero-order valence-corrected chi connectivity index (χ0v) is 16.2. The second-order valence-corrected chi connectivity index (χ2v) is 6.67. The highest BCUT2D eigenvalue weighted by Crippen LogP contribution is 2.17. The summed E-state index contributed by atoms with van der Waals surface area (Å²) >= 11 is 6.09. The number of aryl methyl sites for hydroxylation is 2. The van der Waals surface area contributed by atoms with E-state index in [-0.39, 0.29) is 11.3 Å². The summed E-state index contributed by atoms with van der Waals surface area (Å²) in [5, 5.41) is 5.70. The van der Waals surface area contributed by atoms with Crippen LogP contribution in [0.1, 0.15) is 27.4 Å². The summed E-state index contributed by atoms with van der Waals surface area (Å²) in [6.07, 6.45) is 1.48. The number of nitrogens with one attached hydrogen (secondary N) is 2. The van der Waals surface area contributed by atoms with Crippen molar-refractivity contribution in [3.8, 4) is 0 Å². The van der Waals surface area contributed by atoms with E-state index in [1.807, 2.05) is 19.1 Å². The molecule has 0 aliphatic carbocycles. The molecule has 0 aliphatic heterocycles. The Labute approximate surface area is 168 Å². The number of hydrogen-bond donors (Lipinski definition) is 2. The van der Waals surface area contributed by atoms with E-state index in [1.54, 1.807) is 55.5 Å². The van der Waals surface area contributed by atoms with Crippen molar-refractivity contribution >= 4 is 35.2 Å². The highest BCUT2D eigenvalue weighted by molar-refractivity contribution is 6.34. The zero-order chi connectivity index (χ0) is 20.1. The molecule has 0 aliphatic rings. The largest absolute Gasteiger partial charge is 0.462 e. The molecule has 28 heavy (non-hydrogen) atoms. The summed E-state index contributed by atoms with van der Waals surface area (Å²) in [4.78, 5) is 25.4. The Kier molecular flexibility index (Phi) is 5.96. The molecule has 0 bridgehead atoms. The van der Waals surface area contributed by atoms with Crippen molar-refractivity contribution in [3.63, 3.8) is 0 Å². The summed E-state index contributed by atoms with van der Waals surface area (Å²) < 4.78 is 5.51. The van der Waals surface area contributed by atoms with E-state index in [0.29, 0.717) is 22.2 Å². The molecule has 1 aromatic heterocycles. The number of carbonyl (C=O) groups is 2. The number of carbonyl (C=O) groups excluding carboxylic acids is 2. The van der Waals surface area contributed by atoms with Crippen LogP contribution in [0.15, 0.2) is 70.8 Å². The minimum Gasteiger partial charge on any atom is -0.462 e. The van der Waals surface area contributed by atoms with Gasteiger partial charge in [0.25, 0.3) is 11.8 Å². The van der Waals surface area contributed by atoms with E-state index in [0.717, 1.165) is 5.56 Å². The van der Waals surface area contributed by atoms with Gasteiger partial charge in [0.05, 0.1) is 10.6 Å². The lowest BCUT2D eigenvalue weighted by Gasteiger charge is -2.11. The van der Waals surface area contributed by atoms with Crippen LogP contribution in [0.3, 0.4) is 0 Å². The Balaban J connectivity index is 1.87. The summed E-state index contributed by atoms with van der Waals surface area (Å²) in [6, 6.07) is 17.5. The fourth-order valence-electron chi connectivity index (χ4n) is 2.50. The van der Waals surface area contributed by atoms with E-state index in [9.17, 15) is 9.59 Å². The van der Waals surface area contributed by atoms with Crippen LogP contribution >= 0.6 is 11.6 Å². The summed E-state index contributed by atoms with van der Waals surface area (Å²) in [7, 11) is 0. The first kappa shape index (κ1) is 19.5. The number of benzene rings is 2. The van der Waals surface area contributed by atoms with Crippen molar-refractivity contribution < 1.29 is 14.0 Å². The monoisotopic (exact) mass is 394 g/mol. The first-order chi connectivity index (χ1) is 13.4. The molecule has 3 rings (SSSR count). The van der Waals surface area contributed by atoms with Crippen LogP contribution in [-0.2, 0) is 4.79 Å². The average molecular weight is 395 g/mol. The second-order valence-electron chi connectivity index (χ2n) is 6.26. The van der Waals surface area contributed by atoms with Crippen molar-refractivity contribution in [3.05, 3.63) is 94.0 Å². The third-order valence-corrected chi connectivity index (χ3v) is 4.30. The lowest BCUT2D eigenvalue weighted by atomic mass is 10.2. The molecular formula is C22H19ClN2O3. The Morgan fingerprint density at radius 1 is 0.964 bits per heavy atom. The molecule has 2 aromatic carbocycles. The standard InChI is InChI=1S/C22H19ClN2O3/c1-14-7-10-16(11-8-14)24-22(27)20(13-17-12-9-15(2)28-17)25-21(26)18-5-3-4-6-19(18)23/h3-13H,1-2H3,(H,24,27)(H,25,26)/b20-13-. The Bertz CT molecular complexity index is 1040. The third-order valence-electron chi connectivity index (χ3n) is 3.97. The van der Waals surface area contributed by atoms with Crippen molar-refractivity contribution in [2.24, 2.45) is 0 Å². The van der Waals surface area contributed by atoms with Gasteiger partial charge in [-0.3, -0.25) is 9.59 Å². The smallest absolute Gasteiger partial charge is 0.272 e. The van der Waals surface area contributed by atoms with Crippen LogP contribution in [0.5, 0.6) is 0 Å². The molecule has 5 nitrogen and oxygen atoms in total. The molecule has 6 heteroatoms. The first-order valence-electron chi connectivity index (χ1n) is 8.64. The van der Waals surface area contributed by atoms with Crippen molar-refractivity contribution in [1.82, 2.24) is 5.32 Å². The van der Waals surface area contributed by atoms with Gasteiger partial charge in [0.2, 0.25) is 0 Å². The van der Waals surface area contributed by atoms with Crippen LogP contribution in [0.25, 0.3) is 6.08 Å². The average Bonchev–Trinajstić information content (AvgIpc) is 3.08. The number of rotatable bonds is 5. The molecular weight excluding hydrogens is 376 g/mol. The molecule has 0 radical (unpaired) electrons. The topological polar surface area (TPSA) is 71.3 Å². The molecule has 0 atom stereocenters. The van der Waals surface area contributed by atoms with Crippen LogP contribution in [-0.4, -0.2) is 11.8 Å². The van der Waals surface area contributed by atoms with Crippen LogP contribution in [0, 0.1) is 13.8 Å². The predicted octanol–water partition coefficient (Wildman–Crippen LogP) is 4.96. The fourth-order valence-corrected chi connectivity index (χ4v) is 2.72. The van der Waals surface area contributed by atoms with Gasteiger partial charge in [-0.15, -0.1) is 0 Å². The minimum absolute atomic E-state index is 0.0415. The van der Waals surface area contributed by atoms with E-state index in [1.165, 1.54) is 6.08 Å². The number of amides is 2. The maximum absolute atomic E-state index is 12.8. The van der Waals surface area contributed by atoms with Gasteiger partial charge < -0.3 is 15.1 Å². The second kappa shape index (κ2) is 8.59. The number of halogens is 1. The maximum atomic E-state index is 12.8. The minimum atomic E-state index is -0.487. The molecule has 0 fully saturated rings. The Morgan fingerprint density at radius 3 is 2.32 bits per heavy atom. The molecule has 2 N–H and O–H groups in total. The SMILES string of the molecule is Cc1ccc(NC(=O)/C(=C/c2ccc(C)o2)NC(=O)c2ccccc2Cl)cc1. The molecule has 142 valence electrons.